The van der Waals surface area contributed by atoms with Crippen molar-refractivity contribution in [3.63, 3.8) is 0 Å². The van der Waals surface area contributed by atoms with Gasteiger partial charge in [-0.15, -0.1) is 0 Å². The molecule has 1 aromatic rings. The molecule has 0 aliphatic carbocycles. The Morgan fingerprint density at radius 3 is 2.67 bits per heavy atom. The quantitative estimate of drug-likeness (QED) is 0.648. The monoisotopic (exact) mass is 162 g/mol. The van der Waals surface area contributed by atoms with E-state index in [0.717, 1.165) is 12.2 Å². The largest absolute Gasteiger partial charge is 0.286 e. The molecule has 0 N–H and O–H groups in total. The molecule has 0 atom stereocenters. The lowest BCUT2D eigenvalue weighted by molar-refractivity contribution is 0.855. The summed E-state index contributed by atoms with van der Waals surface area (Å²) >= 11 is 0. The van der Waals surface area contributed by atoms with Crippen LogP contribution in [0.1, 0.15) is 32.3 Å². The highest BCUT2D eigenvalue weighted by Crippen LogP contribution is 2.18. The summed E-state index contributed by atoms with van der Waals surface area (Å²) in [5, 5.41) is 4.35. The lowest BCUT2D eigenvalue weighted by atomic mass is 10.0. The van der Waals surface area contributed by atoms with Gasteiger partial charge in [0.05, 0.1) is 5.69 Å². The second kappa shape index (κ2) is 4.15. The molecule has 0 amide bonds. The molecule has 12 heavy (non-hydrogen) atoms. The summed E-state index contributed by atoms with van der Waals surface area (Å²) < 4.78 is 0. The van der Waals surface area contributed by atoms with Gasteiger partial charge in [-0.2, -0.15) is 0 Å². The van der Waals surface area contributed by atoms with E-state index < -0.39 is 0 Å². The van der Waals surface area contributed by atoms with Crippen LogP contribution in [-0.2, 0) is 0 Å². The molecule has 0 saturated heterocycles. The summed E-state index contributed by atoms with van der Waals surface area (Å²) in [7, 11) is 0. The first-order valence-electron chi connectivity index (χ1n) is 4.51. The van der Waals surface area contributed by atoms with Crippen molar-refractivity contribution in [3.05, 3.63) is 29.8 Å². The van der Waals surface area contributed by atoms with Gasteiger partial charge in [-0.3, -0.25) is 5.32 Å². The molecule has 1 heteroatoms. The Balaban J connectivity index is 2.81. The zero-order valence-corrected chi connectivity index (χ0v) is 8.04. The Labute approximate surface area is 74.8 Å². The molecular formula is C11H16N. The molecule has 0 aliphatic heterocycles. The standard InChI is InChI=1S/C11H16N/c1-4-12-11-7-5-6-10(8-11)9(2)3/h5-9H,4H2,1-3H3. The second-order valence-electron chi connectivity index (χ2n) is 3.22. The van der Waals surface area contributed by atoms with E-state index in [2.05, 4.69) is 50.4 Å². The van der Waals surface area contributed by atoms with E-state index in [1.165, 1.54) is 5.56 Å². The van der Waals surface area contributed by atoms with Gasteiger partial charge in [0.25, 0.3) is 0 Å². The van der Waals surface area contributed by atoms with Gasteiger partial charge >= 0.3 is 0 Å². The third-order valence-corrected chi connectivity index (χ3v) is 1.88. The van der Waals surface area contributed by atoms with E-state index >= 15 is 0 Å². The maximum absolute atomic E-state index is 4.35. The molecule has 65 valence electrons. The van der Waals surface area contributed by atoms with E-state index in [1.807, 2.05) is 0 Å². The van der Waals surface area contributed by atoms with Crippen LogP contribution in [-0.4, -0.2) is 6.54 Å². The normalized spacial score (nSPS) is 10.3. The van der Waals surface area contributed by atoms with Gasteiger partial charge in [-0.1, -0.05) is 26.0 Å². The van der Waals surface area contributed by atoms with E-state index in [1.54, 1.807) is 0 Å². The smallest absolute Gasteiger partial charge is 0.0576 e. The van der Waals surface area contributed by atoms with Crippen molar-refractivity contribution in [3.8, 4) is 0 Å². The van der Waals surface area contributed by atoms with Crippen molar-refractivity contribution in [2.75, 3.05) is 6.54 Å². The van der Waals surface area contributed by atoms with E-state index in [-0.39, 0.29) is 0 Å². The third-order valence-electron chi connectivity index (χ3n) is 1.88. The van der Waals surface area contributed by atoms with Gasteiger partial charge < -0.3 is 0 Å². The minimum Gasteiger partial charge on any atom is -0.286 e. The van der Waals surface area contributed by atoms with Crippen LogP contribution in [0.4, 0.5) is 5.69 Å². The van der Waals surface area contributed by atoms with Crippen molar-refractivity contribution >= 4 is 5.69 Å². The first-order chi connectivity index (χ1) is 5.74. The molecule has 0 unspecified atom stereocenters. The average molecular weight is 162 g/mol. The molecule has 0 fully saturated rings. The van der Waals surface area contributed by atoms with Gasteiger partial charge in [0, 0.05) is 6.54 Å². The van der Waals surface area contributed by atoms with E-state index in [4.69, 9.17) is 0 Å². The first kappa shape index (κ1) is 9.11. The lowest BCUT2D eigenvalue weighted by Gasteiger charge is -2.06. The van der Waals surface area contributed by atoms with E-state index in [9.17, 15) is 0 Å². The summed E-state index contributed by atoms with van der Waals surface area (Å²) in [6.07, 6.45) is 0. The summed E-state index contributed by atoms with van der Waals surface area (Å²) in [6, 6.07) is 8.44. The van der Waals surface area contributed by atoms with Gasteiger partial charge in [-0.05, 0) is 30.5 Å². The maximum Gasteiger partial charge on any atom is 0.0576 e. The van der Waals surface area contributed by atoms with Crippen molar-refractivity contribution in [2.24, 2.45) is 0 Å². The third kappa shape index (κ3) is 2.26. The van der Waals surface area contributed by atoms with E-state index in [0.29, 0.717) is 5.92 Å². The molecule has 1 aromatic carbocycles. The molecule has 0 heterocycles. The minimum atomic E-state index is 0.594. The Morgan fingerprint density at radius 2 is 2.08 bits per heavy atom. The van der Waals surface area contributed by atoms with Crippen LogP contribution < -0.4 is 5.32 Å². The number of rotatable bonds is 3. The fourth-order valence-corrected chi connectivity index (χ4v) is 1.16. The van der Waals surface area contributed by atoms with Gasteiger partial charge in [0.15, 0.2) is 0 Å². The molecule has 0 aromatic heterocycles. The van der Waals surface area contributed by atoms with Gasteiger partial charge in [-0.25, -0.2) is 0 Å². The number of benzene rings is 1. The Hall–Kier alpha value is -0.980. The Kier molecular flexibility index (Phi) is 3.15. The van der Waals surface area contributed by atoms with Crippen molar-refractivity contribution in [2.45, 2.75) is 26.7 Å². The number of hydrogen-bond acceptors (Lipinski definition) is 0. The van der Waals surface area contributed by atoms with Crippen LogP contribution in [0.3, 0.4) is 0 Å². The molecule has 0 aliphatic rings. The predicted molar refractivity (Wildman–Crippen MR) is 52.9 cm³/mol. The van der Waals surface area contributed by atoms with Crippen molar-refractivity contribution in [1.82, 2.24) is 5.32 Å². The van der Waals surface area contributed by atoms with Crippen LogP contribution >= 0.6 is 0 Å². The SMILES string of the molecule is CC[N]c1cccc(C(C)C)c1. The molecule has 0 saturated carbocycles. The van der Waals surface area contributed by atoms with Crippen LogP contribution in [0, 0.1) is 0 Å². The zero-order valence-electron chi connectivity index (χ0n) is 8.04. The Bertz CT molecular complexity index is 241. The molecule has 1 nitrogen and oxygen atoms in total. The maximum atomic E-state index is 4.35. The fraction of sp³-hybridized carbons (Fsp3) is 0.455. The van der Waals surface area contributed by atoms with Crippen LogP contribution in [0.15, 0.2) is 24.3 Å². The molecular weight excluding hydrogens is 146 g/mol. The minimum absolute atomic E-state index is 0.594. The highest BCUT2D eigenvalue weighted by Gasteiger charge is 1.99. The second-order valence-corrected chi connectivity index (χ2v) is 3.22. The van der Waals surface area contributed by atoms with Crippen LogP contribution in [0.2, 0.25) is 0 Å². The highest BCUT2D eigenvalue weighted by molar-refractivity contribution is 5.40. The van der Waals surface area contributed by atoms with Crippen LogP contribution in [0.25, 0.3) is 0 Å². The van der Waals surface area contributed by atoms with Crippen molar-refractivity contribution in [1.29, 1.82) is 0 Å². The number of hydrogen-bond donors (Lipinski definition) is 0. The predicted octanol–water partition coefficient (Wildman–Crippen LogP) is 3.07. The summed E-state index contributed by atoms with van der Waals surface area (Å²) in [6.45, 7) is 7.32. The summed E-state index contributed by atoms with van der Waals surface area (Å²) in [5.74, 6) is 0.594. The topological polar surface area (TPSA) is 14.1 Å². The van der Waals surface area contributed by atoms with Gasteiger partial charge in [0.1, 0.15) is 0 Å². The molecule has 1 radical (unpaired) electrons. The lowest BCUT2D eigenvalue weighted by Crippen LogP contribution is -1.96. The molecule has 0 spiro atoms. The average Bonchev–Trinajstić information content (AvgIpc) is 2.05. The molecule has 1 rings (SSSR count). The highest BCUT2D eigenvalue weighted by atomic mass is 14.8. The van der Waals surface area contributed by atoms with Crippen molar-refractivity contribution < 1.29 is 0 Å². The Morgan fingerprint density at radius 1 is 1.33 bits per heavy atom. The number of nitrogens with zero attached hydrogens (tertiary/aromatic N) is 1. The molecule has 0 bridgehead atoms. The summed E-state index contributed by atoms with van der Waals surface area (Å²) in [4.78, 5) is 0. The first-order valence-corrected chi connectivity index (χ1v) is 4.51. The fourth-order valence-electron chi connectivity index (χ4n) is 1.16. The van der Waals surface area contributed by atoms with Gasteiger partial charge in [0.2, 0.25) is 0 Å². The van der Waals surface area contributed by atoms with Crippen LogP contribution in [0.5, 0.6) is 0 Å². The summed E-state index contributed by atoms with van der Waals surface area (Å²) in [5.41, 5.74) is 2.47. The zero-order chi connectivity index (χ0) is 8.97.